The molecule has 2 bridgehead atoms. The first-order chi connectivity index (χ1) is 15.1. The number of ether oxygens (including phenoxy) is 2. The van der Waals surface area contributed by atoms with Crippen LogP contribution >= 0.6 is 11.8 Å². The van der Waals surface area contributed by atoms with Crippen molar-refractivity contribution < 1.29 is 45.6 Å². The van der Waals surface area contributed by atoms with Crippen molar-refractivity contribution in [1.82, 2.24) is 4.90 Å². The van der Waals surface area contributed by atoms with E-state index in [1.807, 2.05) is 20.8 Å². The first-order valence-electron chi connectivity index (χ1n) is 10.8. The summed E-state index contributed by atoms with van der Waals surface area (Å²) in [6, 6.07) is -0.456. The molecule has 0 radical (unpaired) electrons. The van der Waals surface area contributed by atoms with Crippen LogP contribution in [0.4, 0.5) is 8.78 Å². The summed E-state index contributed by atoms with van der Waals surface area (Å²) < 4.78 is 69.4. The zero-order valence-corrected chi connectivity index (χ0v) is 20.2. The highest BCUT2D eigenvalue weighted by Gasteiger charge is 2.73. The van der Waals surface area contributed by atoms with E-state index in [0.29, 0.717) is 19.8 Å². The fourth-order valence-electron chi connectivity index (χ4n) is 5.21. The monoisotopic (exact) mass is 511 g/mol. The summed E-state index contributed by atoms with van der Waals surface area (Å²) in [6.07, 6.45) is -0.972. The van der Waals surface area contributed by atoms with E-state index in [-0.39, 0.29) is 11.8 Å². The number of esters is 2. The van der Waals surface area contributed by atoms with E-state index >= 15 is 0 Å². The van der Waals surface area contributed by atoms with Gasteiger partial charge < -0.3 is 14.4 Å². The Balaban J connectivity index is 1.62. The molecule has 33 heavy (non-hydrogen) atoms. The average molecular weight is 512 g/mol. The first-order valence-corrected chi connectivity index (χ1v) is 13.2. The van der Waals surface area contributed by atoms with Crippen LogP contribution in [0.5, 0.6) is 0 Å². The molecule has 4 rings (SSSR count). The molecule has 7 atom stereocenters. The van der Waals surface area contributed by atoms with Crippen LogP contribution in [0.2, 0.25) is 0 Å². The molecule has 0 aromatic heterocycles. The van der Waals surface area contributed by atoms with E-state index in [2.05, 4.69) is 0 Å². The topological polar surface area (TPSA) is 127 Å². The third-order valence-electron chi connectivity index (χ3n) is 7.02. The molecule has 1 saturated carbocycles. The molecule has 9 nitrogen and oxygen atoms in total. The van der Waals surface area contributed by atoms with Gasteiger partial charge in [0, 0.05) is 10.8 Å². The molecule has 4 aliphatic rings. The van der Waals surface area contributed by atoms with Crippen LogP contribution < -0.4 is 0 Å². The lowest BCUT2D eigenvalue weighted by Gasteiger charge is -2.40. The standard InChI is InChI=1S/C20H27F2NO8S2/c1-8(20(21,22)33(27,28)29)30-18(26)11-10-14-12(23(16(10)24)19(2,3)4)13(15(11)32-14)31-17(25)9-6-5-7-9/h8-15H,5-7H2,1-4H3,(H,27,28,29). The molecule has 13 heteroatoms. The van der Waals surface area contributed by atoms with Gasteiger partial charge in [0.05, 0.1) is 29.0 Å². The molecular weight excluding hydrogens is 484 g/mol. The number of hydrogen-bond donors (Lipinski definition) is 1. The van der Waals surface area contributed by atoms with Gasteiger partial charge in [-0.15, -0.1) is 11.8 Å². The van der Waals surface area contributed by atoms with Crippen molar-refractivity contribution in [1.29, 1.82) is 0 Å². The van der Waals surface area contributed by atoms with Crippen LogP contribution in [0.3, 0.4) is 0 Å². The Bertz CT molecular complexity index is 977. The van der Waals surface area contributed by atoms with Crippen molar-refractivity contribution in [2.75, 3.05) is 0 Å². The summed E-state index contributed by atoms with van der Waals surface area (Å²) in [7, 11) is -5.82. The van der Waals surface area contributed by atoms with Crippen molar-refractivity contribution in [3.63, 3.8) is 0 Å². The third kappa shape index (κ3) is 3.74. The number of hydrogen-bond acceptors (Lipinski definition) is 8. The summed E-state index contributed by atoms with van der Waals surface area (Å²) in [6.45, 7) is 6.11. The first kappa shape index (κ1) is 24.6. The second-order valence-corrected chi connectivity index (χ2v) is 13.0. The van der Waals surface area contributed by atoms with Crippen LogP contribution in [0.15, 0.2) is 0 Å². The predicted molar refractivity (Wildman–Crippen MR) is 112 cm³/mol. The number of halogens is 2. The summed E-state index contributed by atoms with van der Waals surface area (Å²) in [4.78, 5) is 40.6. The summed E-state index contributed by atoms with van der Waals surface area (Å²) in [5.41, 5.74) is -0.643. The zero-order chi connectivity index (χ0) is 24.7. The van der Waals surface area contributed by atoms with E-state index in [9.17, 15) is 31.6 Å². The Morgan fingerprint density at radius 2 is 1.79 bits per heavy atom. The highest BCUT2D eigenvalue weighted by Crippen LogP contribution is 2.61. The number of nitrogens with zero attached hydrogens (tertiary/aromatic N) is 1. The Morgan fingerprint density at radius 3 is 2.27 bits per heavy atom. The number of amides is 1. The van der Waals surface area contributed by atoms with E-state index in [1.54, 1.807) is 4.90 Å². The Hall–Kier alpha value is -1.47. The lowest BCUT2D eigenvalue weighted by atomic mass is 9.78. The van der Waals surface area contributed by atoms with E-state index in [1.165, 1.54) is 11.8 Å². The summed E-state index contributed by atoms with van der Waals surface area (Å²) in [5, 5.41) is -5.80. The van der Waals surface area contributed by atoms with Gasteiger partial charge in [0.25, 0.3) is 0 Å². The van der Waals surface area contributed by atoms with Crippen LogP contribution in [0.25, 0.3) is 0 Å². The van der Waals surface area contributed by atoms with E-state index in [0.717, 1.165) is 6.42 Å². The maximum Gasteiger partial charge on any atom is 0.405 e. The van der Waals surface area contributed by atoms with Crippen molar-refractivity contribution in [2.24, 2.45) is 17.8 Å². The molecule has 186 valence electrons. The summed E-state index contributed by atoms with van der Waals surface area (Å²) in [5.74, 6) is -4.21. The third-order valence-corrected chi connectivity index (χ3v) is 9.80. The summed E-state index contributed by atoms with van der Waals surface area (Å²) >= 11 is 1.30. The van der Waals surface area contributed by atoms with Crippen molar-refractivity contribution in [3.8, 4) is 0 Å². The second kappa shape index (κ2) is 7.77. The minimum Gasteiger partial charge on any atom is -0.459 e. The van der Waals surface area contributed by atoms with Gasteiger partial charge >= 0.3 is 27.3 Å². The second-order valence-electron chi connectivity index (χ2n) is 10.1. The van der Waals surface area contributed by atoms with Gasteiger partial charge in [-0.05, 0) is 40.5 Å². The minimum atomic E-state index is -5.82. The van der Waals surface area contributed by atoms with Crippen LogP contribution in [0, 0.1) is 17.8 Å². The predicted octanol–water partition coefficient (Wildman–Crippen LogP) is 1.85. The smallest absolute Gasteiger partial charge is 0.405 e. The SMILES string of the molecule is CC(OC(=O)C1C2SC3C1C(=O)N(C(C)(C)C)C3C2OC(=O)C1CCC1)C(F)(F)S(=O)(=O)O. The molecule has 1 amide bonds. The molecule has 1 aliphatic carbocycles. The lowest BCUT2D eigenvalue weighted by molar-refractivity contribution is -0.171. The maximum atomic E-state index is 14.0. The molecule has 0 spiro atoms. The van der Waals surface area contributed by atoms with Crippen LogP contribution in [0.1, 0.15) is 47.0 Å². The fourth-order valence-corrected chi connectivity index (χ4v) is 7.76. The molecule has 1 N–H and O–H groups in total. The molecule has 3 heterocycles. The molecule has 3 saturated heterocycles. The number of carbonyl (C=O) groups is 3. The van der Waals surface area contributed by atoms with E-state index < -0.39 is 73.4 Å². The Morgan fingerprint density at radius 1 is 1.18 bits per heavy atom. The zero-order valence-electron chi connectivity index (χ0n) is 18.6. The van der Waals surface area contributed by atoms with E-state index in [4.69, 9.17) is 14.0 Å². The van der Waals surface area contributed by atoms with Gasteiger partial charge in [-0.1, -0.05) is 6.42 Å². The number of thioether (sulfide) groups is 1. The normalized spacial score (nSPS) is 34.9. The van der Waals surface area contributed by atoms with Gasteiger partial charge in [-0.2, -0.15) is 17.2 Å². The van der Waals surface area contributed by atoms with Gasteiger partial charge in [-0.3, -0.25) is 18.9 Å². The molecule has 7 unspecified atom stereocenters. The molecule has 0 aromatic rings. The fraction of sp³-hybridized carbons (Fsp3) is 0.850. The Labute approximate surface area is 194 Å². The maximum absolute atomic E-state index is 14.0. The average Bonchev–Trinajstić information content (AvgIpc) is 3.20. The lowest BCUT2D eigenvalue weighted by Crippen LogP contribution is -2.55. The largest absolute Gasteiger partial charge is 0.459 e. The van der Waals surface area contributed by atoms with Crippen molar-refractivity contribution >= 4 is 39.7 Å². The molecule has 0 aromatic carbocycles. The van der Waals surface area contributed by atoms with Crippen molar-refractivity contribution in [2.45, 2.75) is 86.5 Å². The molecular formula is C20H27F2NO8S2. The highest BCUT2D eigenvalue weighted by molar-refractivity contribution is 8.01. The quantitative estimate of drug-likeness (QED) is 0.420. The van der Waals surface area contributed by atoms with Gasteiger partial charge in [0.2, 0.25) is 5.91 Å². The number of alkyl halides is 2. The number of fused-ring (bicyclic) bond motifs is 1. The number of likely N-dealkylation sites (tertiary alicyclic amines) is 1. The molecule has 4 fully saturated rings. The number of rotatable bonds is 6. The van der Waals surface area contributed by atoms with Gasteiger partial charge in [0.1, 0.15) is 6.10 Å². The Kier molecular flexibility index (Phi) is 5.80. The van der Waals surface area contributed by atoms with Crippen LogP contribution in [-0.4, -0.2) is 75.3 Å². The van der Waals surface area contributed by atoms with Gasteiger partial charge in [0.15, 0.2) is 6.10 Å². The highest BCUT2D eigenvalue weighted by atomic mass is 32.2. The molecule has 3 aliphatic heterocycles. The van der Waals surface area contributed by atoms with Crippen LogP contribution in [-0.2, 0) is 34.0 Å². The minimum absolute atomic E-state index is 0.232. The van der Waals surface area contributed by atoms with Crippen molar-refractivity contribution in [3.05, 3.63) is 0 Å². The van der Waals surface area contributed by atoms with Gasteiger partial charge in [-0.25, -0.2) is 0 Å². The number of carbonyl (C=O) groups excluding carboxylic acids is 3.